The van der Waals surface area contributed by atoms with Crippen molar-refractivity contribution in [2.75, 3.05) is 18.4 Å². The van der Waals surface area contributed by atoms with Gasteiger partial charge in [0, 0.05) is 41.0 Å². The molecule has 2 aromatic carbocycles. The SMILES string of the molecule is Fc1cccc(CNc2ccc(F)c(-c3ccnc4[nH]c(C5CCNCC5)cc34)c2)c1. The van der Waals surface area contributed by atoms with Gasteiger partial charge in [-0.3, -0.25) is 0 Å². The average molecular weight is 418 g/mol. The monoisotopic (exact) mass is 418 g/mol. The zero-order valence-electron chi connectivity index (χ0n) is 17.1. The van der Waals surface area contributed by atoms with E-state index >= 15 is 0 Å². The summed E-state index contributed by atoms with van der Waals surface area (Å²) in [6.45, 7) is 2.47. The average Bonchev–Trinajstić information content (AvgIpc) is 3.24. The number of hydrogen-bond acceptors (Lipinski definition) is 3. The molecular formula is C25H24F2N4. The standard InChI is InChI=1S/C25H24F2N4/c26-18-3-1-2-16(12-18)15-30-19-4-5-23(27)21(13-19)20-8-11-29-25-22(20)14-24(31-25)17-6-9-28-10-7-17/h1-5,8,11-14,17,28,30H,6-7,9-10,15H2,(H,29,31). The number of nitrogens with zero attached hydrogens (tertiary/aromatic N) is 1. The van der Waals surface area contributed by atoms with Crippen molar-refractivity contribution in [3.8, 4) is 11.1 Å². The van der Waals surface area contributed by atoms with Gasteiger partial charge in [0.25, 0.3) is 0 Å². The Bertz CT molecular complexity index is 1210. The molecule has 0 atom stereocenters. The van der Waals surface area contributed by atoms with Crippen molar-refractivity contribution in [2.24, 2.45) is 0 Å². The lowest BCUT2D eigenvalue weighted by molar-refractivity contribution is 0.455. The van der Waals surface area contributed by atoms with E-state index in [9.17, 15) is 8.78 Å². The minimum Gasteiger partial charge on any atom is -0.381 e. The first kappa shape index (κ1) is 19.7. The molecular weight excluding hydrogens is 394 g/mol. The van der Waals surface area contributed by atoms with Crippen molar-refractivity contribution in [2.45, 2.75) is 25.3 Å². The highest BCUT2D eigenvalue weighted by atomic mass is 19.1. The number of anilines is 1. The predicted molar refractivity (Wildman–Crippen MR) is 120 cm³/mol. The number of rotatable bonds is 5. The summed E-state index contributed by atoms with van der Waals surface area (Å²) in [5, 5.41) is 7.58. The highest BCUT2D eigenvalue weighted by Gasteiger charge is 2.19. The Kier molecular flexibility index (Phi) is 5.38. The van der Waals surface area contributed by atoms with Crippen LogP contribution in [0.4, 0.5) is 14.5 Å². The number of H-pyrrole nitrogens is 1. The third-order valence-electron chi connectivity index (χ3n) is 5.97. The van der Waals surface area contributed by atoms with Crippen LogP contribution in [0.1, 0.15) is 30.0 Å². The first-order valence-electron chi connectivity index (χ1n) is 10.6. The van der Waals surface area contributed by atoms with Crippen LogP contribution in [0.25, 0.3) is 22.2 Å². The van der Waals surface area contributed by atoms with Gasteiger partial charge in [0.15, 0.2) is 0 Å². The molecule has 0 bridgehead atoms. The molecule has 1 saturated heterocycles. The number of halogens is 2. The Balaban J connectivity index is 1.46. The van der Waals surface area contributed by atoms with Crippen LogP contribution in [-0.2, 0) is 6.54 Å². The topological polar surface area (TPSA) is 52.7 Å². The summed E-state index contributed by atoms with van der Waals surface area (Å²) in [6.07, 6.45) is 3.87. The molecule has 5 rings (SSSR count). The molecule has 6 heteroatoms. The van der Waals surface area contributed by atoms with Crippen molar-refractivity contribution in [1.29, 1.82) is 0 Å². The highest BCUT2D eigenvalue weighted by molar-refractivity contribution is 5.94. The Morgan fingerprint density at radius 1 is 0.968 bits per heavy atom. The maximum Gasteiger partial charge on any atom is 0.138 e. The van der Waals surface area contributed by atoms with Crippen molar-refractivity contribution in [3.05, 3.63) is 83.7 Å². The number of pyridine rings is 1. The minimum absolute atomic E-state index is 0.268. The van der Waals surface area contributed by atoms with E-state index in [1.54, 1.807) is 24.4 Å². The van der Waals surface area contributed by atoms with Gasteiger partial charge < -0.3 is 15.6 Å². The van der Waals surface area contributed by atoms with Crippen LogP contribution in [0.5, 0.6) is 0 Å². The molecule has 1 aliphatic rings. The Morgan fingerprint density at radius 3 is 2.68 bits per heavy atom. The number of piperidine rings is 1. The summed E-state index contributed by atoms with van der Waals surface area (Å²) in [6, 6.07) is 15.4. The summed E-state index contributed by atoms with van der Waals surface area (Å²) in [7, 11) is 0. The zero-order valence-corrected chi connectivity index (χ0v) is 17.1. The summed E-state index contributed by atoms with van der Waals surface area (Å²) in [5.41, 5.74) is 4.89. The van der Waals surface area contributed by atoms with Gasteiger partial charge in [-0.25, -0.2) is 13.8 Å². The number of hydrogen-bond donors (Lipinski definition) is 3. The summed E-state index contributed by atoms with van der Waals surface area (Å²) in [5.74, 6) is -0.0869. The van der Waals surface area contributed by atoms with E-state index in [-0.39, 0.29) is 11.6 Å². The van der Waals surface area contributed by atoms with Crippen LogP contribution in [0.3, 0.4) is 0 Å². The maximum atomic E-state index is 14.8. The van der Waals surface area contributed by atoms with E-state index < -0.39 is 0 Å². The fraction of sp³-hybridized carbons (Fsp3) is 0.240. The molecule has 3 heterocycles. The predicted octanol–water partition coefficient (Wildman–Crippen LogP) is 5.59. The molecule has 3 N–H and O–H groups in total. The molecule has 0 unspecified atom stereocenters. The molecule has 0 saturated carbocycles. The first-order chi connectivity index (χ1) is 15.2. The smallest absolute Gasteiger partial charge is 0.138 e. The molecule has 1 aliphatic heterocycles. The van der Waals surface area contributed by atoms with E-state index in [1.807, 2.05) is 12.1 Å². The lowest BCUT2D eigenvalue weighted by atomic mass is 9.94. The van der Waals surface area contributed by atoms with Crippen LogP contribution in [0.15, 0.2) is 60.8 Å². The highest BCUT2D eigenvalue weighted by Crippen LogP contribution is 2.34. The third kappa shape index (κ3) is 4.16. The van der Waals surface area contributed by atoms with Crippen LogP contribution in [-0.4, -0.2) is 23.1 Å². The van der Waals surface area contributed by atoms with E-state index in [2.05, 4.69) is 26.7 Å². The number of fused-ring (bicyclic) bond motifs is 1. The van der Waals surface area contributed by atoms with Gasteiger partial charge in [-0.1, -0.05) is 12.1 Å². The second kappa shape index (κ2) is 8.47. The number of aromatic amines is 1. The van der Waals surface area contributed by atoms with Gasteiger partial charge in [0.2, 0.25) is 0 Å². The van der Waals surface area contributed by atoms with Gasteiger partial charge in [-0.2, -0.15) is 0 Å². The van der Waals surface area contributed by atoms with E-state index in [0.29, 0.717) is 18.0 Å². The maximum absolute atomic E-state index is 14.8. The molecule has 0 radical (unpaired) electrons. The summed E-state index contributed by atoms with van der Waals surface area (Å²) >= 11 is 0. The van der Waals surface area contributed by atoms with Crippen molar-refractivity contribution in [1.82, 2.24) is 15.3 Å². The molecule has 0 spiro atoms. The van der Waals surface area contributed by atoms with Crippen molar-refractivity contribution < 1.29 is 8.78 Å². The lowest BCUT2D eigenvalue weighted by Crippen LogP contribution is -2.26. The van der Waals surface area contributed by atoms with Crippen LogP contribution < -0.4 is 10.6 Å². The fourth-order valence-electron chi connectivity index (χ4n) is 4.33. The van der Waals surface area contributed by atoms with Crippen LogP contribution >= 0.6 is 0 Å². The van der Waals surface area contributed by atoms with Crippen molar-refractivity contribution >= 4 is 16.7 Å². The molecule has 4 aromatic rings. The van der Waals surface area contributed by atoms with Gasteiger partial charge in [0.1, 0.15) is 17.3 Å². The fourth-order valence-corrected chi connectivity index (χ4v) is 4.33. The van der Waals surface area contributed by atoms with E-state index in [4.69, 9.17) is 0 Å². The summed E-state index contributed by atoms with van der Waals surface area (Å²) in [4.78, 5) is 7.92. The zero-order chi connectivity index (χ0) is 21.2. The second-order valence-corrected chi connectivity index (χ2v) is 8.05. The van der Waals surface area contributed by atoms with Crippen LogP contribution in [0, 0.1) is 11.6 Å². The van der Waals surface area contributed by atoms with E-state index in [1.165, 1.54) is 18.2 Å². The first-order valence-corrected chi connectivity index (χ1v) is 10.6. The number of nitrogens with one attached hydrogen (secondary N) is 3. The third-order valence-corrected chi connectivity index (χ3v) is 5.97. The minimum atomic E-state index is -0.284. The van der Waals surface area contributed by atoms with Gasteiger partial charge >= 0.3 is 0 Å². The molecule has 0 amide bonds. The Labute approximate surface area is 179 Å². The van der Waals surface area contributed by atoms with Gasteiger partial charge in [-0.15, -0.1) is 0 Å². The second-order valence-electron chi connectivity index (χ2n) is 8.05. The molecule has 1 fully saturated rings. The Hall–Kier alpha value is -3.25. The molecule has 31 heavy (non-hydrogen) atoms. The quantitative estimate of drug-likeness (QED) is 0.396. The molecule has 158 valence electrons. The largest absolute Gasteiger partial charge is 0.381 e. The number of aromatic nitrogens is 2. The van der Waals surface area contributed by atoms with Gasteiger partial charge in [0.05, 0.1) is 0 Å². The summed E-state index contributed by atoms with van der Waals surface area (Å²) < 4.78 is 28.3. The number of benzene rings is 2. The lowest BCUT2D eigenvalue weighted by Gasteiger charge is -2.21. The van der Waals surface area contributed by atoms with E-state index in [0.717, 1.165) is 59.5 Å². The normalized spacial score (nSPS) is 14.8. The molecule has 2 aromatic heterocycles. The molecule has 4 nitrogen and oxygen atoms in total. The Morgan fingerprint density at radius 2 is 1.84 bits per heavy atom. The van der Waals surface area contributed by atoms with Gasteiger partial charge in [-0.05, 0) is 79.5 Å². The van der Waals surface area contributed by atoms with Crippen molar-refractivity contribution in [3.63, 3.8) is 0 Å². The van der Waals surface area contributed by atoms with Crippen LogP contribution in [0.2, 0.25) is 0 Å². The molecule has 0 aliphatic carbocycles.